The number of ether oxygens (including phenoxy) is 3. The summed E-state index contributed by atoms with van der Waals surface area (Å²) in [6, 6.07) is 7.06. The van der Waals surface area contributed by atoms with Crippen LogP contribution in [-0.2, 0) is 35.2 Å². The van der Waals surface area contributed by atoms with Gasteiger partial charge in [0.05, 0.1) is 14.2 Å². The first kappa shape index (κ1) is 15.8. The molecule has 0 fully saturated rings. The van der Waals surface area contributed by atoms with Crippen molar-refractivity contribution in [3.05, 3.63) is 41.5 Å². The Kier molecular flexibility index (Phi) is 4.30. The van der Waals surface area contributed by atoms with Crippen molar-refractivity contribution in [2.75, 3.05) is 14.2 Å². The van der Waals surface area contributed by atoms with E-state index in [1.807, 2.05) is 0 Å². The lowest BCUT2D eigenvalue weighted by Crippen LogP contribution is -2.31. The lowest BCUT2D eigenvalue weighted by atomic mass is 9.94. The Hall–Kier alpha value is -2.63. The molecule has 1 aromatic carbocycles. The molecule has 0 saturated heterocycles. The van der Waals surface area contributed by atoms with Gasteiger partial charge in [-0.3, -0.25) is 14.4 Å². The van der Waals surface area contributed by atoms with E-state index in [9.17, 15) is 14.4 Å². The molecule has 1 aliphatic carbocycles. The Bertz CT molecular complexity index is 642. The van der Waals surface area contributed by atoms with Crippen molar-refractivity contribution >= 4 is 23.5 Å². The van der Waals surface area contributed by atoms with Crippen LogP contribution in [0.4, 0.5) is 0 Å². The van der Waals surface area contributed by atoms with Gasteiger partial charge in [-0.05, 0) is 22.8 Å². The number of carbonyl (C=O) groups excluding carboxylic acids is 3. The zero-order valence-electron chi connectivity index (χ0n) is 12.5. The van der Waals surface area contributed by atoms with Crippen molar-refractivity contribution in [1.29, 1.82) is 0 Å². The van der Waals surface area contributed by atoms with Gasteiger partial charge < -0.3 is 14.2 Å². The SMILES string of the molecule is COC(=O)C1(C(=O)OC)C=C1c1ccccc1COC(C)=O. The van der Waals surface area contributed by atoms with Gasteiger partial charge in [0.2, 0.25) is 5.41 Å². The zero-order valence-corrected chi connectivity index (χ0v) is 12.5. The smallest absolute Gasteiger partial charge is 0.331 e. The fourth-order valence-electron chi connectivity index (χ4n) is 2.30. The standard InChI is InChI=1S/C16H16O6/c1-10(17)22-9-11-6-4-5-7-12(11)13-8-16(13,14(18)20-2)15(19)21-3/h4-8H,9H2,1-3H3. The molecular weight excluding hydrogens is 288 g/mol. The first-order valence-electron chi connectivity index (χ1n) is 6.59. The third kappa shape index (κ3) is 2.59. The maximum atomic E-state index is 12.0. The van der Waals surface area contributed by atoms with Crippen LogP contribution in [0, 0.1) is 5.41 Å². The number of methoxy groups -OCH3 is 2. The van der Waals surface area contributed by atoms with E-state index in [1.54, 1.807) is 24.3 Å². The second-order valence-corrected chi connectivity index (χ2v) is 4.79. The van der Waals surface area contributed by atoms with E-state index in [0.717, 1.165) is 0 Å². The van der Waals surface area contributed by atoms with Crippen LogP contribution in [0.15, 0.2) is 30.3 Å². The molecule has 0 bridgehead atoms. The van der Waals surface area contributed by atoms with Crippen LogP contribution in [0.2, 0.25) is 0 Å². The minimum absolute atomic E-state index is 0.0568. The molecule has 0 atom stereocenters. The van der Waals surface area contributed by atoms with Crippen LogP contribution >= 0.6 is 0 Å². The quantitative estimate of drug-likeness (QED) is 0.466. The summed E-state index contributed by atoms with van der Waals surface area (Å²) in [5.41, 5.74) is 0.336. The molecule has 0 heterocycles. The fraction of sp³-hybridized carbons (Fsp3) is 0.312. The molecule has 6 nitrogen and oxygen atoms in total. The summed E-state index contributed by atoms with van der Waals surface area (Å²) < 4.78 is 14.4. The van der Waals surface area contributed by atoms with E-state index in [1.165, 1.54) is 27.2 Å². The van der Waals surface area contributed by atoms with Crippen molar-refractivity contribution in [3.8, 4) is 0 Å². The maximum absolute atomic E-state index is 12.0. The van der Waals surface area contributed by atoms with Crippen LogP contribution < -0.4 is 0 Å². The molecule has 0 N–H and O–H groups in total. The van der Waals surface area contributed by atoms with Crippen molar-refractivity contribution in [2.24, 2.45) is 5.41 Å². The first-order valence-corrected chi connectivity index (χ1v) is 6.59. The molecule has 1 aliphatic rings. The van der Waals surface area contributed by atoms with Gasteiger partial charge >= 0.3 is 17.9 Å². The fourth-order valence-corrected chi connectivity index (χ4v) is 2.30. The van der Waals surface area contributed by atoms with Gasteiger partial charge in [-0.15, -0.1) is 0 Å². The first-order chi connectivity index (χ1) is 10.5. The largest absolute Gasteiger partial charge is 0.468 e. The van der Waals surface area contributed by atoms with Gasteiger partial charge in [0, 0.05) is 6.92 Å². The number of rotatable bonds is 5. The molecule has 0 aliphatic heterocycles. The molecule has 0 amide bonds. The highest BCUT2D eigenvalue weighted by molar-refractivity contribution is 6.23. The van der Waals surface area contributed by atoms with Crippen LogP contribution in [0.3, 0.4) is 0 Å². The van der Waals surface area contributed by atoms with Crippen LogP contribution in [0.5, 0.6) is 0 Å². The number of carbonyl (C=O) groups is 3. The molecule has 1 aromatic rings. The van der Waals surface area contributed by atoms with E-state index in [4.69, 9.17) is 14.2 Å². The third-order valence-electron chi connectivity index (χ3n) is 3.46. The predicted octanol–water partition coefficient (Wildman–Crippen LogP) is 1.48. The van der Waals surface area contributed by atoms with Gasteiger partial charge in [-0.2, -0.15) is 0 Å². The summed E-state index contributed by atoms with van der Waals surface area (Å²) in [5, 5.41) is 0. The lowest BCUT2D eigenvalue weighted by Gasteiger charge is -2.15. The van der Waals surface area contributed by atoms with Crippen molar-refractivity contribution in [2.45, 2.75) is 13.5 Å². The topological polar surface area (TPSA) is 78.9 Å². The van der Waals surface area contributed by atoms with Crippen molar-refractivity contribution in [3.63, 3.8) is 0 Å². The molecule has 22 heavy (non-hydrogen) atoms. The van der Waals surface area contributed by atoms with E-state index in [0.29, 0.717) is 16.7 Å². The summed E-state index contributed by atoms with van der Waals surface area (Å²) in [4.78, 5) is 35.0. The second kappa shape index (κ2) is 6.01. The normalized spacial score (nSPS) is 14.6. The zero-order chi connectivity index (χ0) is 16.3. The van der Waals surface area contributed by atoms with E-state index in [-0.39, 0.29) is 6.61 Å². The minimum Gasteiger partial charge on any atom is -0.468 e. The molecule has 116 valence electrons. The monoisotopic (exact) mass is 304 g/mol. The average Bonchev–Trinajstić information content (AvgIpc) is 3.28. The van der Waals surface area contributed by atoms with E-state index < -0.39 is 23.3 Å². The Balaban J connectivity index is 2.33. The van der Waals surface area contributed by atoms with E-state index in [2.05, 4.69) is 0 Å². The summed E-state index contributed by atoms with van der Waals surface area (Å²) >= 11 is 0. The number of benzene rings is 1. The van der Waals surface area contributed by atoms with Gasteiger partial charge in [-0.25, -0.2) is 0 Å². The summed E-state index contributed by atoms with van der Waals surface area (Å²) in [7, 11) is 2.42. The molecule has 0 radical (unpaired) electrons. The van der Waals surface area contributed by atoms with Crippen molar-refractivity contribution in [1.82, 2.24) is 0 Å². The van der Waals surface area contributed by atoms with Crippen molar-refractivity contribution < 1.29 is 28.6 Å². The highest BCUT2D eigenvalue weighted by Gasteiger charge is 2.60. The van der Waals surface area contributed by atoms with Gasteiger partial charge in [-0.1, -0.05) is 24.3 Å². The highest BCUT2D eigenvalue weighted by atomic mass is 16.5. The molecular formula is C16H16O6. The Morgan fingerprint density at radius 1 is 1.05 bits per heavy atom. The third-order valence-corrected chi connectivity index (χ3v) is 3.46. The van der Waals surface area contributed by atoms with Gasteiger partial charge in [0.25, 0.3) is 0 Å². The summed E-state index contributed by atoms with van der Waals surface area (Å²) in [6.45, 7) is 1.37. The minimum atomic E-state index is -1.50. The molecule has 0 unspecified atom stereocenters. The lowest BCUT2D eigenvalue weighted by molar-refractivity contribution is -0.158. The summed E-state index contributed by atoms with van der Waals surface area (Å²) in [5.74, 6) is -1.81. The second-order valence-electron chi connectivity index (χ2n) is 4.79. The number of hydrogen-bond acceptors (Lipinski definition) is 6. The number of esters is 3. The predicted molar refractivity (Wildman–Crippen MR) is 76.4 cm³/mol. The average molecular weight is 304 g/mol. The Morgan fingerprint density at radius 3 is 2.18 bits per heavy atom. The Labute approximate surface area is 127 Å². The molecule has 0 aromatic heterocycles. The van der Waals surface area contributed by atoms with Crippen LogP contribution in [0.25, 0.3) is 5.57 Å². The summed E-state index contributed by atoms with van der Waals surface area (Å²) in [6.07, 6.45) is 1.50. The number of hydrogen-bond donors (Lipinski definition) is 0. The molecule has 0 saturated carbocycles. The Morgan fingerprint density at radius 2 is 1.64 bits per heavy atom. The van der Waals surface area contributed by atoms with Crippen LogP contribution in [-0.4, -0.2) is 32.1 Å². The highest BCUT2D eigenvalue weighted by Crippen LogP contribution is 2.53. The van der Waals surface area contributed by atoms with Gasteiger partial charge in [0.1, 0.15) is 6.61 Å². The maximum Gasteiger partial charge on any atom is 0.331 e. The van der Waals surface area contributed by atoms with E-state index >= 15 is 0 Å². The molecule has 6 heteroatoms. The molecule has 2 rings (SSSR count). The van der Waals surface area contributed by atoms with Gasteiger partial charge in [0.15, 0.2) is 0 Å². The molecule has 0 spiro atoms. The van der Waals surface area contributed by atoms with Crippen LogP contribution in [0.1, 0.15) is 18.1 Å².